The van der Waals surface area contributed by atoms with Crippen molar-refractivity contribution in [3.63, 3.8) is 0 Å². The van der Waals surface area contributed by atoms with Crippen LogP contribution in [0.4, 0.5) is 0 Å². The minimum Gasteiger partial charge on any atom is -0.379 e. The maximum absolute atomic E-state index is 12.1. The van der Waals surface area contributed by atoms with Gasteiger partial charge in [0, 0.05) is 5.56 Å². The number of hydrogen-bond acceptors (Lipinski definition) is 4. The summed E-state index contributed by atoms with van der Waals surface area (Å²) >= 11 is 0. The van der Waals surface area contributed by atoms with E-state index in [4.69, 9.17) is 4.18 Å². The van der Waals surface area contributed by atoms with Gasteiger partial charge in [-0.05, 0) is 49.7 Å². The molecule has 2 rings (SSSR count). The maximum Gasteiger partial charge on any atom is 0.339 e. The van der Waals surface area contributed by atoms with Gasteiger partial charge in [0.25, 0.3) is 0 Å². The van der Waals surface area contributed by atoms with E-state index in [2.05, 4.69) is 0 Å². The normalized spacial score (nSPS) is 11.1. The Morgan fingerprint density at radius 2 is 1.65 bits per heavy atom. The van der Waals surface area contributed by atoms with Crippen molar-refractivity contribution in [1.29, 1.82) is 0 Å². The van der Waals surface area contributed by atoms with Crippen LogP contribution in [0.25, 0.3) is 0 Å². The van der Waals surface area contributed by atoms with E-state index in [0.29, 0.717) is 17.4 Å². The van der Waals surface area contributed by atoms with E-state index in [1.54, 1.807) is 25.1 Å². The summed E-state index contributed by atoms with van der Waals surface area (Å²) in [6.07, 6.45) is 0.700. The maximum atomic E-state index is 12.1. The Bertz CT molecular complexity index is 731. The molecule has 2 aromatic rings. The lowest BCUT2D eigenvalue weighted by atomic mass is 10.1. The molecule has 0 amide bonds. The average molecular weight is 290 g/mol. The Hall–Kier alpha value is -2.14. The molecule has 0 saturated heterocycles. The third kappa shape index (κ3) is 3.05. The highest BCUT2D eigenvalue weighted by Gasteiger charge is 2.17. The predicted octanol–water partition coefficient (Wildman–Crippen LogP) is 2.88. The minimum atomic E-state index is -3.86. The van der Waals surface area contributed by atoms with Crippen molar-refractivity contribution < 1.29 is 17.4 Å². The van der Waals surface area contributed by atoms with Crippen molar-refractivity contribution >= 4 is 16.4 Å². The summed E-state index contributed by atoms with van der Waals surface area (Å²) < 4.78 is 29.4. The molecule has 0 N–H and O–H groups in total. The fourth-order valence-electron chi connectivity index (χ4n) is 1.71. The van der Waals surface area contributed by atoms with Crippen LogP contribution in [0.1, 0.15) is 21.5 Å². The van der Waals surface area contributed by atoms with Gasteiger partial charge in [-0.1, -0.05) is 17.7 Å². The van der Waals surface area contributed by atoms with Crippen molar-refractivity contribution in [3.8, 4) is 5.75 Å². The fraction of sp³-hybridized carbons (Fsp3) is 0.133. The quantitative estimate of drug-likeness (QED) is 0.641. The smallest absolute Gasteiger partial charge is 0.339 e. The predicted molar refractivity (Wildman–Crippen MR) is 75.6 cm³/mol. The lowest BCUT2D eigenvalue weighted by Crippen LogP contribution is -2.10. The number of carbonyl (C=O) groups excluding carboxylic acids is 1. The van der Waals surface area contributed by atoms with Gasteiger partial charge in [-0.15, -0.1) is 0 Å². The molecule has 20 heavy (non-hydrogen) atoms. The number of aryl methyl sites for hydroxylation is 2. The van der Waals surface area contributed by atoms with E-state index in [1.165, 1.54) is 24.3 Å². The van der Waals surface area contributed by atoms with Gasteiger partial charge >= 0.3 is 10.1 Å². The summed E-state index contributed by atoms with van der Waals surface area (Å²) in [6, 6.07) is 11.0. The van der Waals surface area contributed by atoms with E-state index in [0.717, 1.165) is 5.56 Å². The Morgan fingerprint density at radius 3 is 2.20 bits per heavy atom. The zero-order chi connectivity index (χ0) is 14.8. The zero-order valence-corrected chi connectivity index (χ0v) is 12.0. The highest BCUT2D eigenvalue weighted by atomic mass is 32.2. The number of benzene rings is 2. The van der Waals surface area contributed by atoms with Gasteiger partial charge in [-0.2, -0.15) is 8.42 Å². The first-order valence-electron chi connectivity index (χ1n) is 5.99. The van der Waals surface area contributed by atoms with Gasteiger partial charge in [-0.3, -0.25) is 4.79 Å². The second-order valence-corrected chi connectivity index (χ2v) is 6.04. The van der Waals surface area contributed by atoms with Crippen LogP contribution in [-0.2, 0) is 10.1 Å². The molecule has 5 heteroatoms. The Labute approximate surface area is 118 Å². The van der Waals surface area contributed by atoms with Crippen LogP contribution in [0.15, 0.2) is 47.4 Å². The summed E-state index contributed by atoms with van der Waals surface area (Å²) in [5.74, 6) is 0.219. The monoisotopic (exact) mass is 290 g/mol. The molecule has 0 bridgehead atoms. The SMILES string of the molecule is Cc1ccc(S(=O)(=O)Oc2ccc(C=O)cc2C)cc1. The van der Waals surface area contributed by atoms with Crippen molar-refractivity contribution in [2.45, 2.75) is 18.7 Å². The van der Waals surface area contributed by atoms with Crippen LogP contribution in [0.5, 0.6) is 5.75 Å². The Kier molecular flexibility index (Phi) is 3.90. The van der Waals surface area contributed by atoms with E-state index < -0.39 is 10.1 Å². The van der Waals surface area contributed by atoms with Gasteiger partial charge in [0.2, 0.25) is 0 Å². The molecule has 0 aliphatic rings. The molecule has 0 fully saturated rings. The Morgan fingerprint density at radius 1 is 1.00 bits per heavy atom. The molecule has 0 radical (unpaired) electrons. The molecule has 0 aromatic heterocycles. The summed E-state index contributed by atoms with van der Waals surface area (Å²) in [5, 5.41) is 0. The average Bonchev–Trinajstić information content (AvgIpc) is 2.41. The highest BCUT2D eigenvalue weighted by molar-refractivity contribution is 7.87. The van der Waals surface area contributed by atoms with Crippen LogP contribution < -0.4 is 4.18 Å². The summed E-state index contributed by atoms with van der Waals surface area (Å²) in [5.41, 5.74) is 2.03. The van der Waals surface area contributed by atoms with E-state index >= 15 is 0 Å². The topological polar surface area (TPSA) is 60.4 Å². The third-order valence-electron chi connectivity index (χ3n) is 2.84. The van der Waals surface area contributed by atoms with Crippen LogP contribution in [-0.4, -0.2) is 14.7 Å². The molecule has 4 nitrogen and oxygen atoms in total. The number of rotatable bonds is 4. The van der Waals surface area contributed by atoms with Gasteiger partial charge in [0.05, 0.1) is 0 Å². The van der Waals surface area contributed by atoms with Crippen LogP contribution in [0.3, 0.4) is 0 Å². The zero-order valence-electron chi connectivity index (χ0n) is 11.2. The van der Waals surface area contributed by atoms with Crippen LogP contribution >= 0.6 is 0 Å². The highest BCUT2D eigenvalue weighted by Crippen LogP contribution is 2.23. The molecular weight excluding hydrogens is 276 g/mol. The third-order valence-corrected chi connectivity index (χ3v) is 4.09. The van der Waals surface area contributed by atoms with Crippen LogP contribution in [0.2, 0.25) is 0 Å². The Balaban J connectivity index is 2.33. The number of carbonyl (C=O) groups is 1. The number of aldehydes is 1. The van der Waals surface area contributed by atoms with Crippen LogP contribution in [0, 0.1) is 13.8 Å². The first kappa shape index (κ1) is 14.3. The van der Waals surface area contributed by atoms with Crippen molar-refractivity contribution in [1.82, 2.24) is 0 Å². The van der Waals surface area contributed by atoms with Gasteiger partial charge in [-0.25, -0.2) is 0 Å². The van der Waals surface area contributed by atoms with Gasteiger partial charge < -0.3 is 4.18 Å². The van der Waals surface area contributed by atoms with Crippen molar-refractivity contribution in [2.24, 2.45) is 0 Å². The molecule has 0 atom stereocenters. The summed E-state index contributed by atoms with van der Waals surface area (Å²) in [7, 11) is -3.86. The van der Waals surface area contributed by atoms with Crippen molar-refractivity contribution in [3.05, 3.63) is 59.2 Å². The van der Waals surface area contributed by atoms with Gasteiger partial charge in [0.15, 0.2) is 0 Å². The molecule has 0 unspecified atom stereocenters. The van der Waals surface area contributed by atoms with E-state index in [9.17, 15) is 13.2 Å². The van der Waals surface area contributed by atoms with Crippen molar-refractivity contribution in [2.75, 3.05) is 0 Å². The largest absolute Gasteiger partial charge is 0.379 e. The lowest BCUT2D eigenvalue weighted by molar-refractivity contribution is 0.112. The molecule has 0 saturated carbocycles. The lowest BCUT2D eigenvalue weighted by Gasteiger charge is -2.09. The standard InChI is InChI=1S/C15H14O4S/c1-11-3-6-14(7-4-11)20(17,18)19-15-8-5-13(10-16)9-12(15)2/h3-10H,1-2H3. The van der Waals surface area contributed by atoms with Gasteiger partial charge in [0.1, 0.15) is 16.9 Å². The molecule has 0 aliphatic carbocycles. The molecule has 2 aromatic carbocycles. The second kappa shape index (κ2) is 5.46. The minimum absolute atomic E-state index is 0.0990. The molecular formula is C15H14O4S. The molecule has 104 valence electrons. The molecule has 0 heterocycles. The second-order valence-electron chi connectivity index (χ2n) is 4.49. The first-order chi connectivity index (χ1) is 9.42. The van der Waals surface area contributed by atoms with E-state index in [1.807, 2.05) is 6.92 Å². The first-order valence-corrected chi connectivity index (χ1v) is 7.40. The summed E-state index contributed by atoms with van der Waals surface area (Å²) in [4.78, 5) is 10.7. The molecule has 0 spiro atoms. The summed E-state index contributed by atoms with van der Waals surface area (Å²) in [6.45, 7) is 3.56. The number of hydrogen-bond donors (Lipinski definition) is 0. The fourth-order valence-corrected chi connectivity index (χ4v) is 2.70. The van der Waals surface area contributed by atoms with E-state index in [-0.39, 0.29) is 10.6 Å². The molecule has 0 aliphatic heterocycles.